The fourth-order valence-corrected chi connectivity index (χ4v) is 3.29. The van der Waals surface area contributed by atoms with Crippen LogP contribution in [0.15, 0.2) is 78.9 Å². The second-order valence-corrected chi connectivity index (χ2v) is 7.89. The summed E-state index contributed by atoms with van der Waals surface area (Å²) in [7, 11) is 0. The van der Waals surface area contributed by atoms with Crippen LogP contribution in [0.5, 0.6) is 5.75 Å². The molecule has 0 amide bonds. The van der Waals surface area contributed by atoms with Crippen molar-refractivity contribution in [1.82, 2.24) is 0 Å². The van der Waals surface area contributed by atoms with Gasteiger partial charge in [-0.2, -0.15) is 0 Å². The molecule has 0 fully saturated rings. The van der Waals surface area contributed by atoms with Crippen LogP contribution in [-0.2, 0) is 4.79 Å². The van der Waals surface area contributed by atoms with Crippen LogP contribution in [0.4, 0.5) is 0 Å². The predicted molar refractivity (Wildman–Crippen MR) is 130 cm³/mol. The number of esters is 1. The van der Waals surface area contributed by atoms with Gasteiger partial charge < -0.3 is 4.74 Å². The maximum absolute atomic E-state index is 11.6. The fourth-order valence-electron chi connectivity index (χ4n) is 3.04. The molecule has 0 N–H and O–H groups in total. The summed E-state index contributed by atoms with van der Waals surface area (Å²) in [6.45, 7) is 1.37. The van der Waals surface area contributed by atoms with Gasteiger partial charge in [-0.15, -0.1) is 0 Å². The predicted octanol–water partition coefficient (Wildman–Crippen LogP) is 6.87. The van der Waals surface area contributed by atoms with Crippen molar-refractivity contribution in [2.75, 3.05) is 0 Å². The minimum absolute atomic E-state index is 0.405. The smallest absolute Gasteiger partial charge is 0.308 e. The summed E-state index contributed by atoms with van der Waals surface area (Å²) in [5.41, 5.74) is 3.17. The Morgan fingerprint density at radius 2 is 1.19 bits per heavy atom. The molecule has 0 unspecified atom stereocenters. The van der Waals surface area contributed by atoms with Crippen molar-refractivity contribution in [1.29, 1.82) is 0 Å². The van der Waals surface area contributed by atoms with Crippen LogP contribution in [0.3, 0.4) is 0 Å². The van der Waals surface area contributed by atoms with Gasteiger partial charge in [0.1, 0.15) is 5.75 Å². The molecular formula is C28H16Cl2O2. The Morgan fingerprint density at radius 1 is 0.656 bits per heavy atom. The summed E-state index contributed by atoms with van der Waals surface area (Å²) in [5.74, 6) is 12.5. The number of rotatable bonds is 1. The van der Waals surface area contributed by atoms with Crippen molar-refractivity contribution in [3.63, 3.8) is 0 Å². The zero-order valence-corrected chi connectivity index (χ0v) is 18.6. The lowest BCUT2D eigenvalue weighted by Gasteiger charge is -2.07. The van der Waals surface area contributed by atoms with Crippen molar-refractivity contribution >= 4 is 39.9 Å². The quantitative estimate of drug-likeness (QED) is 0.178. The molecule has 4 rings (SSSR count). The summed E-state index contributed by atoms with van der Waals surface area (Å²) >= 11 is 11.9. The van der Waals surface area contributed by atoms with E-state index < -0.39 is 5.97 Å². The molecule has 0 saturated carbocycles. The monoisotopic (exact) mass is 454 g/mol. The lowest BCUT2D eigenvalue weighted by molar-refractivity contribution is -0.131. The van der Waals surface area contributed by atoms with Crippen molar-refractivity contribution < 1.29 is 9.53 Å². The molecule has 0 bridgehead atoms. The van der Waals surface area contributed by atoms with E-state index >= 15 is 0 Å². The lowest BCUT2D eigenvalue weighted by Crippen LogP contribution is -2.03. The van der Waals surface area contributed by atoms with Gasteiger partial charge in [-0.3, -0.25) is 4.79 Å². The molecule has 154 valence electrons. The normalized spacial score (nSPS) is 9.97. The number of benzene rings is 4. The van der Waals surface area contributed by atoms with Gasteiger partial charge in [0, 0.05) is 33.7 Å². The third-order valence-electron chi connectivity index (χ3n) is 4.57. The maximum Gasteiger partial charge on any atom is 0.308 e. The first kappa shape index (κ1) is 21.5. The van der Waals surface area contributed by atoms with E-state index in [1.807, 2.05) is 66.7 Å². The van der Waals surface area contributed by atoms with Crippen LogP contribution in [0.25, 0.3) is 10.8 Å². The van der Waals surface area contributed by atoms with Gasteiger partial charge in [0.2, 0.25) is 0 Å². The second kappa shape index (κ2) is 9.63. The molecule has 0 radical (unpaired) electrons. The van der Waals surface area contributed by atoms with E-state index in [0.29, 0.717) is 21.4 Å². The maximum atomic E-state index is 11.6. The topological polar surface area (TPSA) is 26.3 Å². The van der Waals surface area contributed by atoms with Gasteiger partial charge in [-0.1, -0.05) is 52.9 Å². The first-order valence-corrected chi connectivity index (χ1v) is 10.5. The second-order valence-electron chi connectivity index (χ2n) is 7.02. The van der Waals surface area contributed by atoms with Crippen molar-refractivity contribution in [3.8, 4) is 29.4 Å². The Bertz CT molecular complexity index is 1430. The third-order valence-corrected chi connectivity index (χ3v) is 5.08. The first-order valence-electron chi connectivity index (χ1n) is 9.78. The first-order chi connectivity index (χ1) is 15.5. The Morgan fingerprint density at radius 3 is 1.78 bits per heavy atom. The van der Waals surface area contributed by atoms with Crippen molar-refractivity contribution in [2.45, 2.75) is 6.92 Å². The minimum Gasteiger partial charge on any atom is -0.425 e. The highest BCUT2D eigenvalue weighted by Gasteiger charge is 2.08. The minimum atomic E-state index is -0.405. The average molecular weight is 455 g/mol. The average Bonchev–Trinajstić information content (AvgIpc) is 2.78. The number of carbonyl (C=O) groups excluding carboxylic acids is 1. The highest BCUT2D eigenvalue weighted by Crippen LogP contribution is 2.27. The highest BCUT2D eigenvalue weighted by atomic mass is 35.5. The molecule has 32 heavy (non-hydrogen) atoms. The molecule has 4 aromatic carbocycles. The molecule has 2 nitrogen and oxygen atoms in total. The Balaban J connectivity index is 1.71. The molecule has 0 saturated heterocycles. The Labute approximate surface area is 196 Å². The standard InChI is InChI=1S/C28H16Cl2O2/c1-19(31)32-28-18-25-16-22(3-2-20-6-12-26(29)13-7-20)5-10-23(25)17-24(28)11-4-21-8-14-27(30)15-9-21/h5-10,12-18H,1H3. The highest BCUT2D eigenvalue weighted by molar-refractivity contribution is 6.30. The van der Waals surface area contributed by atoms with E-state index in [9.17, 15) is 4.79 Å². The van der Waals surface area contributed by atoms with Gasteiger partial charge in [-0.05, 0) is 83.6 Å². The number of hydrogen-bond donors (Lipinski definition) is 0. The number of fused-ring (bicyclic) bond motifs is 1. The van der Waals surface area contributed by atoms with Gasteiger partial charge >= 0.3 is 5.97 Å². The zero-order valence-electron chi connectivity index (χ0n) is 17.1. The third kappa shape index (κ3) is 5.51. The SMILES string of the molecule is CC(=O)Oc1cc2cc(C#Cc3ccc(Cl)cc3)ccc2cc1C#Cc1ccc(Cl)cc1. The summed E-state index contributed by atoms with van der Waals surface area (Å²) in [4.78, 5) is 11.6. The van der Waals surface area contributed by atoms with E-state index in [2.05, 4.69) is 23.7 Å². The summed E-state index contributed by atoms with van der Waals surface area (Å²) in [6.07, 6.45) is 0. The van der Waals surface area contributed by atoms with Crippen LogP contribution < -0.4 is 4.74 Å². The van der Waals surface area contributed by atoms with E-state index in [-0.39, 0.29) is 0 Å². The van der Waals surface area contributed by atoms with Crippen LogP contribution >= 0.6 is 23.2 Å². The molecule has 0 atom stereocenters. The van der Waals surface area contributed by atoms with E-state index in [1.54, 1.807) is 12.1 Å². The summed E-state index contributed by atoms with van der Waals surface area (Å²) in [6, 6.07) is 24.2. The number of hydrogen-bond acceptors (Lipinski definition) is 2. The summed E-state index contributed by atoms with van der Waals surface area (Å²) in [5, 5.41) is 3.20. The van der Waals surface area contributed by atoms with Crippen molar-refractivity contribution in [3.05, 3.63) is 111 Å². The van der Waals surface area contributed by atoms with Crippen molar-refractivity contribution in [2.24, 2.45) is 0 Å². The van der Waals surface area contributed by atoms with Crippen LogP contribution in [0.1, 0.15) is 29.2 Å². The largest absolute Gasteiger partial charge is 0.425 e. The van der Waals surface area contributed by atoms with Crippen LogP contribution in [0, 0.1) is 23.7 Å². The zero-order chi connectivity index (χ0) is 22.5. The molecule has 0 aliphatic rings. The molecular weight excluding hydrogens is 439 g/mol. The number of carbonyl (C=O) groups is 1. The lowest BCUT2D eigenvalue weighted by atomic mass is 10.0. The van der Waals surface area contributed by atoms with E-state index in [1.165, 1.54) is 6.92 Å². The van der Waals surface area contributed by atoms with E-state index in [4.69, 9.17) is 27.9 Å². The molecule has 0 heterocycles. The summed E-state index contributed by atoms with van der Waals surface area (Å²) < 4.78 is 5.43. The van der Waals surface area contributed by atoms with Gasteiger partial charge in [-0.25, -0.2) is 0 Å². The molecule has 0 spiro atoms. The molecule has 4 heteroatoms. The number of halogens is 2. The number of ether oxygens (including phenoxy) is 1. The Hall–Kier alpha value is -3.69. The Kier molecular flexibility index (Phi) is 6.48. The molecule has 0 aliphatic carbocycles. The van der Waals surface area contributed by atoms with Crippen LogP contribution in [0.2, 0.25) is 10.0 Å². The van der Waals surface area contributed by atoms with E-state index in [0.717, 1.165) is 27.5 Å². The van der Waals surface area contributed by atoms with Gasteiger partial charge in [0.15, 0.2) is 0 Å². The molecule has 0 aliphatic heterocycles. The fraction of sp³-hybridized carbons (Fsp3) is 0.0357. The molecule has 4 aromatic rings. The van der Waals surface area contributed by atoms with Crippen LogP contribution in [-0.4, -0.2) is 5.97 Å². The molecule has 0 aromatic heterocycles. The van der Waals surface area contributed by atoms with Gasteiger partial charge in [0.05, 0.1) is 5.56 Å². The van der Waals surface area contributed by atoms with Gasteiger partial charge in [0.25, 0.3) is 0 Å².